The molecule has 3 aromatic rings. The van der Waals surface area contributed by atoms with E-state index < -0.39 is 0 Å². The smallest absolute Gasteiger partial charge is 0.278 e. The molecule has 0 atom stereocenters. The van der Waals surface area contributed by atoms with Gasteiger partial charge < -0.3 is 10.0 Å². The van der Waals surface area contributed by atoms with Crippen molar-refractivity contribution in [3.63, 3.8) is 0 Å². The molecular formula is C19H17N3O2. The summed E-state index contributed by atoms with van der Waals surface area (Å²) >= 11 is 0. The zero-order chi connectivity index (χ0) is 16.9. The fourth-order valence-corrected chi connectivity index (χ4v) is 2.34. The molecule has 5 nitrogen and oxygen atoms in total. The van der Waals surface area contributed by atoms with Gasteiger partial charge in [-0.3, -0.25) is 9.78 Å². The lowest BCUT2D eigenvalue weighted by atomic mass is 10.1. The molecule has 0 radical (unpaired) electrons. The van der Waals surface area contributed by atoms with E-state index >= 15 is 0 Å². The molecule has 0 saturated heterocycles. The maximum atomic E-state index is 12.9. The van der Waals surface area contributed by atoms with Crippen molar-refractivity contribution in [2.75, 3.05) is 4.90 Å². The number of hydrogen-bond acceptors (Lipinski definition) is 4. The molecule has 3 rings (SSSR count). The Labute approximate surface area is 140 Å². The third-order valence-electron chi connectivity index (χ3n) is 3.65. The molecule has 0 aliphatic heterocycles. The summed E-state index contributed by atoms with van der Waals surface area (Å²) in [6, 6.07) is 14.5. The maximum Gasteiger partial charge on any atom is 0.278 e. The molecule has 0 bridgehead atoms. The van der Waals surface area contributed by atoms with Crippen molar-refractivity contribution in [3.05, 3.63) is 83.9 Å². The van der Waals surface area contributed by atoms with Crippen LogP contribution in [0.3, 0.4) is 0 Å². The average molecular weight is 319 g/mol. The number of nitrogens with zero attached hydrogens (tertiary/aromatic N) is 3. The van der Waals surface area contributed by atoms with Gasteiger partial charge in [-0.2, -0.15) is 0 Å². The molecule has 1 heterocycles. The Bertz CT molecular complexity index is 815. The van der Waals surface area contributed by atoms with Crippen LogP contribution in [0, 0.1) is 6.92 Å². The molecule has 120 valence electrons. The van der Waals surface area contributed by atoms with Crippen LogP contribution in [0.25, 0.3) is 0 Å². The van der Waals surface area contributed by atoms with Gasteiger partial charge in [-0.15, -0.1) is 0 Å². The van der Waals surface area contributed by atoms with Crippen LogP contribution in [-0.4, -0.2) is 21.0 Å². The topological polar surface area (TPSA) is 66.3 Å². The quantitative estimate of drug-likeness (QED) is 0.801. The highest BCUT2D eigenvalue weighted by Gasteiger charge is 2.19. The number of benzene rings is 2. The zero-order valence-electron chi connectivity index (χ0n) is 13.3. The second kappa shape index (κ2) is 6.91. The third-order valence-corrected chi connectivity index (χ3v) is 3.65. The van der Waals surface area contributed by atoms with Crippen molar-refractivity contribution in [1.29, 1.82) is 0 Å². The van der Waals surface area contributed by atoms with Gasteiger partial charge in [0.15, 0.2) is 0 Å². The van der Waals surface area contributed by atoms with Gasteiger partial charge in [0.1, 0.15) is 11.4 Å². The van der Waals surface area contributed by atoms with E-state index in [0.717, 1.165) is 16.8 Å². The third kappa shape index (κ3) is 3.57. The Balaban J connectivity index is 1.95. The van der Waals surface area contributed by atoms with Crippen molar-refractivity contribution in [2.24, 2.45) is 0 Å². The maximum absolute atomic E-state index is 12.9. The summed E-state index contributed by atoms with van der Waals surface area (Å²) in [4.78, 5) is 22.6. The van der Waals surface area contributed by atoms with Gasteiger partial charge in [0.25, 0.3) is 5.91 Å². The van der Waals surface area contributed by atoms with Gasteiger partial charge in [-0.1, -0.05) is 29.8 Å². The largest absolute Gasteiger partial charge is 0.508 e. The summed E-state index contributed by atoms with van der Waals surface area (Å²) in [5.41, 5.74) is 3.10. The Kier molecular flexibility index (Phi) is 4.52. The normalized spacial score (nSPS) is 10.4. The van der Waals surface area contributed by atoms with E-state index in [9.17, 15) is 9.90 Å². The van der Waals surface area contributed by atoms with E-state index in [-0.39, 0.29) is 17.4 Å². The summed E-state index contributed by atoms with van der Waals surface area (Å²) in [5.74, 6) is -0.0269. The van der Waals surface area contributed by atoms with Crippen LogP contribution >= 0.6 is 0 Å². The number of carbonyl (C=O) groups excluding carboxylic acids is 1. The first-order chi connectivity index (χ1) is 11.6. The van der Waals surface area contributed by atoms with E-state index in [1.54, 1.807) is 29.2 Å². The second-order valence-corrected chi connectivity index (χ2v) is 5.48. The minimum atomic E-state index is -0.222. The van der Waals surface area contributed by atoms with Gasteiger partial charge in [0.2, 0.25) is 0 Å². The Morgan fingerprint density at radius 1 is 1.04 bits per heavy atom. The van der Waals surface area contributed by atoms with Crippen molar-refractivity contribution in [3.8, 4) is 5.75 Å². The molecular weight excluding hydrogens is 302 g/mol. The van der Waals surface area contributed by atoms with E-state index in [0.29, 0.717) is 6.54 Å². The van der Waals surface area contributed by atoms with Crippen LogP contribution in [0.15, 0.2) is 67.1 Å². The molecule has 0 unspecified atom stereocenters. The molecule has 5 heteroatoms. The monoisotopic (exact) mass is 319 g/mol. The molecule has 0 saturated carbocycles. The molecule has 1 aromatic heterocycles. The van der Waals surface area contributed by atoms with Crippen LogP contribution in [-0.2, 0) is 6.54 Å². The van der Waals surface area contributed by atoms with Crippen LogP contribution in [0.2, 0.25) is 0 Å². The minimum absolute atomic E-state index is 0.195. The highest BCUT2D eigenvalue weighted by molar-refractivity contribution is 6.04. The lowest BCUT2D eigenvalue weighted by Gasteiger charge is -2.23. The number of carbonyl (C=O) groups is 1. The van der Waals surface area contributed by atoms with Gasteiger partial charge in [0.05, 0.1) is 12.7 Å². The van der Waals surface area contributed by atoms with Crippen molar-refractivity contribution in [2.45, 2.75) is 13.5 Å². The van der Waals surface area contributed by atoms with Crippen LogP contribution in [0.1, 0.15) is 21.6 Å². The number of hydrogen-bond donors (Lipinski definition) is 1. The van der Waals surface area contributed by atoms with Gasteiger partial charge in [-0.05, 0) is 36.8 Å². The summed E-state index contributed by atoms with van der Waals surface area (Å²) < 4.78 is 0. The van der Waals surface area contributed by atoms with E-state index in [1.165, 1.54) is 18.6 Å². The van der Waals surface area contributed by atoms with Crippen molar-refractivity contribution < 1.29 is 9.90 Å². The van der Waals surface area contributed by atoms with E-state index in [4.69, 9.17) is 0 Å². The summed E-state index contributed by atoms with van der Waals surface area (Å²) in [5, 5.41) is 9.43. The number of aryl methyl sites for hydroxylation is 1. The minimum Gasteiger partial charge on any atom is -0.508 e. The first-order valence-corrected chi connectivity index (χ1v) is 7.56. The first-order valence-electron chi connectivity index (χ1n) is 7.56. The Morgan fingerprint density at radius 2 is 1.75 bits per heavy atom. The SMILES string of the molecule is Cc1ccc(N(Cc2ccc(O)cc2)C(=O)c2cnccn2)cc1. The summed E-state index contributed by atoms with van der Waals surface area (Å²) in [6.07, 6.45) is 4.49. The molecule has 2 aromatic carbocycles. The number of aromatic nitrogens is 2. The highest BCUT2D eigenvalue weighted by atomic mass is 16.3. The Morgan fingerprint density at radius 3 is 2.38 bits per heavy atom. The molecule has 24 heavy (non-hydrogen) atoms. The Hall–Kier alpha value is -3.21. The molecule has 1 amide bonds. The highest BCUT2D eigenvalue weighted by Crippen LogP contribution is 2.21. The standard InChI is InChI=1S/C19H17N3O2/c1-14-2-6-16(7-3-14)22(13-15-4-8-17(23)9-5-15)19(24)18-12-20-10-11-21-18/h2-12,23H,13H2,1H3. The summed E-state index contributed by atoms with van der Waals surface area (Å²) in [6.45, 7) is 2.37. The lowest BCUT2D eigenvalue weighted by Crippen LogP contribution is -2.31. The number of aromatic hydroxyl groups is 1. The van der Waals surface area contributed by atoms with Crippen molar-refractivity contribution >= 4 is 11.6 Å². The predicted molar refractivity (Wildman–Crippen MR) is 91.8 cm³/mol. The fraction of sp³-hybridized carbons (Fsp3) is 0.105. The van der Waals surface area contributed by atoms with E-state index in [2.05, 4.69) is 9.97 Å². The van der Waals surface area contributed by atoms with Crippen LogP contribution < -0.4 is 4.90 Å². The lowest BCUT2D eigenvalue weighted by molar-refractivity contribution is 0.0980. The zero-order valence-corrected chi connectivity index (χ0v) is 13.3. The average Bonchev–Trinajstić information content (AvgIpc) is 2.62. The number of rotatable bonds is 4. The fourth-order valence-electron chi connectivity index (χ4n) is 2.34. The molecule has 0 aliphatic rings. The van der Waals surface area contributed by atoms with Gasteiger partial charge in [-0.25, -0.2) is 4.98 Å². The van der Waals surface area contributed by atoms with Gasteiger partial charge >= 0.3 is 0 Å². The van der Waals surface area contributed by atoms with Crippen LogP contribution in [0.5, 0.6) is 5.75 Å². The summed E-state index contributed by atoms with van der Waals surface area (Å²) in [7, 11) is 0. The van der Waals surface area contributed by atoms with Crippen LogP contribution in [0.4, 0.5) is 5.69 Å². The molecule has 1 N–H and O–H groups in total. The van der Waals surface area contributed by atoms with Gasteiger partial charge in [0, 0.05) is 18.1 Å². The number of phenolic OH excluding ortho intramolecular Hbond substituents is 1. The number of amides is 1. The number of phenols is 1. The predicted octanol–water partition coefficient (Wildman–Crippen LogP) is 3.34. The molecule has 0 spiro atoms. The molecule has 0 fully saturated rings. The van der Waals surface area contributed by atoms with E-state index in [1.807, 2.05) is 31.2 Å². The van der Waals surface area contributed by atoms with Crippen molar-refractivity contribution in [1.82, 2.24) is 9.97 Å². The first kappa shape index (κ1) is 15.7. The molecule has 0 aliphatic carbocycles. The second-order valence-electron chi connectivity index (χ2n) is 5.48. The number of anilines is 1.